The fraction of sp³-hybridized carbons (Fsp3) is 0.579. The van der Waals surface area contributed by atoms with Crippen molar-refractivity contribution in [3.05, 3.63) is 29.8 Å². The van der Waals surface area contributed by atoms with Crippen LogP contribution in [0.1, 0.15) is 25.3 Å². The normalized spacial score (nSPS) is 13.5. The molecule has 1 fully saturated rings. The molecule has 0 saturated heterocycles. The predicted molar refractivity (Wildman–Crippen MR) is 118 cm³/mol. The zero-order chi connectivity index (χ0) is 18.6. The van der Waals surface area contributed by atoms with Gasteiger partial charge in [0.15, 0.2) is 5.96 Å². The number of hydrogen-bond donors (Lipinski definition) is 3. The average molecular weight is 490 g/mol. The summed E-state index contributed by atoms with van der Waals surface area (Å²) in [5.41, 5.74) is 1.10. The van der Waals surface area contributed by atoms with E-state index in [2.05, 4.69) is 20.9 Å². The molecule has 2 rings (SSSR count). The summed E-state index contributed by atoms with van der Waals surface area (Å²) in [6, 6.07) is 7.89. The third-order valence-corrected chi connectivity index (χ3v) is 3.91. The molecule has 152 valence electrons. The molecule has 0 radical (unpaired) electrons. The van der Waals surface area contributed by atoms with E-state index in [-0.39, 0.29) is 35.8 Å². The second-order valence-electron chi connectivity index (χ2n) is 6.17. The van der Waals surface area contributed by atoms with Crippen LogP contribution in [0.2, 0.25) is 0 Å². The first-order chi connectivity index (χ1) is 12.7. The molecule has 8 heteroatoms. The van der Waals surface area contributed by atoms with Gasteiger partial charge >= 0.3 is 0 Å². The van der Waals surface area contributed by atoms with Crippen molar-refractivity contribution in [3.63, 3.8) is 0 Å². The SMILES string of the molecule is CCNC(=NCc1ccc(OCCOC)cc1)NCCNC(=O)C1CC1.I. The van der Waals surface area contributed by atoms with Crippen molar-refractivity contribution in [1.82, 2.24) is 16.0 Å². The van der Waals surface area contributed by atoms with Gasteiger partial charge in [-0.2, -0.15) is 0 Å². The van der Waals surface area contributed by atoms with Crippen molar-refractivity contribution in [2.75, 3.05) is 40.0 Å². The number of nitrogens with one attached hydrogen (secondary N) is 3. The van der Waals surface area contributed by atoms with Crippen LogP contribution in [0, 0.1) is 5.92 Å². The molecule has 0 heterocycles. The minimum Gasteiger partial charge on any atom is -0.491 e. The maximum Gasteiger partial charge on any atom is 0.223 e. The van der Waals surface area contributed by atoms with Crippen LogP contribution in [-0.2, 0) is 16.1 Å². The number of guanidine groups is 1. The zero-order valence-electron chi connectivity index (χ0n) is 16.1. The Morgan fingerprint density at radius 3 is 2.44 bits per heavy atom. The lowest BCUT2D eigenvalue weighted by molar-refractivity contribution is -0.122. The van der Waals surface area contributed by atoms with Gasteiger partial charge in [-0.05, 0) is 37.5 Å². The Morgan fingerprint density at radius 1 is 1.11 bits per heavy atom. The summed E-state index contributed by atoms with van der Waals surface area (Å²) >= 11 is 0. The number of rotatable bonds is 11. The Labute approximate surface area is 178 Å². The summed E-state index contributed by atoms with van der Waals surface area (Å²) in [5, 5.41) is 9.38. The number of carbonyl (C=O) groups excluding carboxylic acids is 1. The molecule has 1 saturated carbocycles. The van der Waals surface area contributed by atoms with Crippen molar-refractivity contribution in [2.24, 2.45) is 10.9 Å². The number of aliphatic imine (C=N–C) groups is 1. The van der Waals surface area contributed by atoms with E-state index in [0.717, 1.165) is 36.7 Å². The number of carbonyl (C=O) groups is 1. The van der Waals surface area contributed by atoms with Crippen LogP contribution in [0.25, 0.3) is 0 Å². The molecule has 0 aromatic heterocycles. The molecule has 1 aliphatic carbocycles. The van der Waals surface area contributed by atoms with Gasteiger partial charge in [-0.1, -0.05) is 12.1 Å². The number of nitrogens with zero attached hydrogens (tertiary/aromatic N) is 1. The lowest BCUT2D eigenvalue weighted by Gasteiger charge is -2.12. The molecule has 0 unspecified atom stereocenters. The van der Waals surface area contributed by atoms with Gasteiger partial charge in [0, 0.05) is 32.7 Å². The molecule has 0 bridgehead atoms. The number of ether oxygens (including phenoxy) is 2. The standard InChI is InChI=1S/C19H30N4O3.HI/c1-3-20-19(22-11-10-21-18(24)16-6-7-16)23-14-15-4-8-17(9-5-15)26-13-12-25-2;/h4-5,8-9,16H,3,6-7,10-14H2,1-2H3,(H,21,24)(H2,20,22,23);1H. The summed E-state index contributed by atoms with van der Waals surface area (Å²) in [4.78, 5) is 16.2. The van der Waals surface area contributed by atoms with E-state index < -0.39 is 0 Å². The molecule has 27 heavy (non-hydrogen) atoms. The monoisotopic (exact) mass is 490 g/mol. The van der Waals surface area contributed by atoms with Crippen LogP contribution in [0.15, 0.2) is 29.3 Å². The molecule has 0 spiro atoms. The van der Waals surface area contributed by atoms with Gasteiger partial charge in [-0.25, -0.2) is 4.99 Å². The van der Waals surface area contributed by atoms with E-state index in [4.69, 9.17) is 9.47 Å². The van der Waals surface area contributed by atoms with Crippen LogP contribution < -0.4 is 20.7 Å². The Balaban J connectivity index is 0.00000364. The quantitative estimate of drug-likeness (QED) is 0.191. The highest BCUT2D eigenvalue weighted by molar-refractivity contribution is 14.0. The second kappa shape index (κ2) is 13.6. The molecule has 1 aromatic rings. The largest absolute Gasteiger partial charge is 0.491 e. The lowest BCUT2D eigenvalue weighted by Crippen LogP contribution is -2.41. The molecular formula is C19H31IN4O3. The minimum atomic E-state index is 0. The van der Waals surface area contributed by atoms with Gasteiger partial charge in [0.25, 0.3) is 0 Å². The average Bonchev–Trinajstić information content (AvgIpc) is 3.49. The molecule has 0 aliphatic heterocycles. The van der Waals surface area contributed by atoms with Crippen LogP contribution in [0.4, 0.5) is 0 Å². The van der Waals surface area contributed by atoms with Crippen molar-refractivity contribution in [3.8, 4) is 5.75 Å². The van der Waals surface area contributed by atoms with Gasteiger partial charge in [-0.3, -0.25) is 4.79 Å². The summed E-state index contributed by atoms with van der Waals surface area (Å²) in [7, 11) is 1.65. The van der Waals surface area contributed by atoms with Crippen LogP contribution in [0.5, 0.6) is 5.75 Å². The van der Waals surface area contributed by atoms with E-state index in [1.165, 1.54) is 0 Å². The number of benzene rings is 1. The highest BCUT2D eigenvalue weighted by Gasteiger charge is 2.28. The fourth-order valence-electron chi connectivity index (χ4n) is 2.30. The highest BCUT2D eigenvalue weighted by atomic mass is 127. The number of amides is 1. The second-order valence-corrected chi connectivity index (χ2v) is 6.17. The fourth-order valence-corrected chi connectivity index (χ4v) is 2.30. The Kier molecular flexibility index (Phi) is 11.8. The topological polar surface area (TPSA) is 84.0 Å². The summed E-state index contributed by atoms with van der Waals surface area (Å²) < 4.78 is 10.5. The van der Waals surface area contributed by atoms with Crippen molar-refractivity contribution < 1.29 is 14.3 Å². The summed E-state index contributed by atoms with van der Waals surface area (Å²) in [6.07, 6.45) is 2.05. The molecule has 7 nitrogen and oxygen atoms in total. The van der Waals surface area contributed by atoms with Gasteiger partial charge in [0.05, 0.1) is 13.2 Å². The summed E-state index contributed by atoms with van der Waals surface area (Å²) in [6.45, 7) is 5.75. The van der Waals surface area contributed by atoms with E-state index in [0.29, 0.717) is 32.8 Å². The van der Waals surface area contributed by atoms with Crippen LogP contribution >= 0.6 is 24.0 Å². The van der Waals surface area contributed by atoms with E-state index in [9.17, 15) is 4.79 Å². The third kappa shape index (κ3) is 9.81. The lowest BCUT2D eigenvalue weighted by atomic mass is 10.2. The maximum atomic E-state index is 11.6. The van der Waals surface area contributed by atoms with Gasteiger partial charge in [0.2, 0.25) is 5.91 Å². The molecule has 1 aliphatic rings. The number of methoxy groups -OCH3 is 1. The highest BCUT2D eigenvalue weighted by Crippen LogP contribution is 2.28. The first-order valence-corrected chi connectivity index (χ1v) is 9.23. The van der Waals surface area contributed by atoms with E-state index in [1.54, 1.807) is 7.11 Å². The third-order valence-electron chi connectivity index (χ3n) is 3.91. The first kappa shape index (κ1) is 23.5. The first-order valence-electron chi connectivity index (χ1n) is 9.23. The Hall–Kier alpha value is -1.55. The van der Waals surface area contributed by atoms with Crippen LogP contribution in [0.3, 0.4) is 0 Å². The van der Waals surface area contributed by atoms with Crippen molar-refractivity contribution in [1.29, 1.82) is 0 Å². The smallest absolute Gasteiger partial charge is 0.223 e. The molecule has 3 N–H and O–H groups in total. The van der Waals surface area contributed by atoms with Gasteiger partial charge in [0.1, 0.15) is 12.4 Å². The minimum absolute atomic E-state index is 0. The number of halogens is 1. The zero-order valence-corrected chi connectivity index (χ0v) is 18.5. The van der Waals surface area contributed by atoms with Crippen molar-refractivity contribution in [2.45, 2.75) is 26.3 Å². The van der Waals surface area contributed by atoms with Gasteiger partial charge in [-0.15, -0.1) is 24.0 Å². The molecule has 1 amide bonds. The molecule has 0 atom stereocenters. The Bertz CT molecular complexity index is 577. The number of hydrogen-bond acceptors (Lipinski definition) is 4. The molecular weight excluding hydrogens is 459 g/mol. The van der Waals surface area contributed by atoms with E-state index >= 15 is 0 Å². The molecule has 1 aromatic carbocycles. The van der Waals surface area contributed by atoms with Crippen molar-refractivity contribution >= 4 is 35.8 Å². The summed E-state index contributed by atoms with van der Waals surface area (Å²) in [5.74, 6) is 1.99. The van der Waals surface area contributed by atoms with Gasteiger partial charge < -0.3 is 25.4 Å². The van der Waals surface area contributed by atoms with Crippen LogP contribution in [-0.4, -0.2) is 51.8 Å². The predicted octanol–water partition coefficient (Wildman–Crippen LogP) is 1.91. The maximum absolute atomic E-state index is 11.6. The Morgan fingerprint density at radius 2 is 1.81 bits per heavy atom. The van der Waals surface area contributed by atoms with E-state index in [1.807, 2.05) is 31.2 Å².